The number of carbonyl (C=O) groups is 1. The lowest BCUT2D eigenvalue weighted by atomic mass is 9.77. The summed E-state index contributed by atoms with van der Waals surface area (Å²) in [6.45, 7) is 0. The normalized spacial score (nSPS) is 17.0. The zero-order chi connectivity index (χ0) is 26.1. The highest BCUT2D eigenvalue weighted by molar-refractivity contribution is 6.17. The molecule has 4 aromatic rings. The van der Waals surface area contributed by atoms with Crippen LogP contribution in [0.1, 0.15) is 84.3 Å². The van der Waals surface area contributed by atoms with Gasteiger partial charge >= 0.3 is 0 Å². The van der Waals surface area contributed by atoms with Gasteiger partial charge in [-0.3, -0.25) is 9.78 Å². The van der Waals surface area contributed by atoms with Crippen LogP contribution in [0, 0.1) is 11.3 Å². The Morgan fingerprint density at radius 3 is 2.63 bits per heavy atom. The summed E-state index contributed by atoms with van der Waals surface area (Å²) in [6.07, 6.45) is 15.1. The molecule has 0 bridgehead atoms. The molecule has 4 heteroatoms. The van der Waals surface area contributed by atoms with Crippen LogP contribution in [0.15, 0.2) is 78.5 Å². The molecular formula is C34H31N3O. The highest BCUT2D eigenvalue weighted by atomic mass is 16.1. The number of nitrogens with two attached hydrogens (primary N) is 1. The highest BCUT2D eigenvalue weighted by Gasteiger charge is 2.27. The van der Waals surface area contributed by atoms with E-state index < -0.39 is 0 Å². The monoisotopic (exact) mass is 497 g/mol. The second kappa shape index (κ2) is 10.3. The van der Waals surface area contributed by atoms with Crippen molar-refractivity contribution in [3.8, 4) is 6.07 Å². The number of carbonyl (C=O) groups excluding carboxylic acids is 1. The minimum absolute atomic E-state index is 0.254. The number of hydrogen-bond donors (Lipinski definition) is 1. The second-order valence-electron chi connectivity index (χ2n) is 10.6. The molecule has 0 atom stereocenters. The molecule has 3 aliphatic carbocycles. The third-order valence-corrected chi connectivity index (χ3v) is 8.26. The molecule has 1 aromatic heterocycles. The van der Waals surface area contributed by atoms with Crippen LogP contribution in [0.3, 0.4) is 0 Å². The first-order chi connectivity index (χ1) is 18.6. The molecule has 3 aromatic carbocycles. The standard InChI is InChI=1S/C24H25NO.C10H6N2/c25-24-18(15-6-2-1-3-7-15)10-11-20-21(24)13-12-19-17-9-5-4-8-16(17)14-22(26)23(19)20;11-6-8-5-9-3-1-2-4-10(9)12-7-8/h5,9-13,15H,1-4,6-8,14,25H2;1-5,7H. The average molecular weight is 498 g/mol. The summed E-state index contributed by atoms with van der Waals surface area (Å²) < 4.78 is 0. The molecule has 2 N–H and O–H groups in total. The first-order valence-electron chi connectivity index (χ1n) is 13.7. The van der Waals surface area contributed by atoms with E-state index in [1.54, 1.807) is 6.20 Å². The Labute approximate surface area is 223 Å². The van der Waals surface area contributed by atoms with Crippen molar-refractivity contribution in [1.82, 2.24) is 4.98 Å². The number of allylic oxidation sites excluding steroid dienone is 4. The van der Waals surface area contributed by atoms with Crippen LogP contribution in [-0.4, -0.2) is 10.8 Å². The van der Waals surface area contributed by atoms with Gasteiger partial charge in [0.1, 0.15) is 6.07 Å². The second-order valence-corrected chi connectivity index (χ2v) is 10.6. The Morgan fingerprint density at radius 2 is 1.79 bits per heavy atom. The molecular weight excluding hydrogens is 466 g/mol. The fourth-order valence-corrected chi connectivity index (χ4v) is 6.33. The molecule has 1 heterocycles. The van der Waals surface area contributed by atoms with E-state index in [1.807, 2.05) is 30.3 Å². The van der Waals surface area contributed by atoms with E-state index in [4.69, 9.17) is 11.0 Å². The number of anilines is 1. The number of benzene rings is 3. The van der Waals surface area contributed by atoms with Crippen LogP contribution in [-0.2, 0) is 0 Å². The van der Waals surface area contributed by atoms with Crippen LogP contribution in [0.2, 0.25) is 0 Å². The van der Waals surface area contributed by atoms with Gasteiger partial charge in [-0.15, -0.1) is 0 Å². The van der Waals surface area contributed by atoms with Gasteiger partial charge in [0.2, 0.25) is 0 Å². The lowest BCUT2D eigenvalue weighted by molar-refractivity contribution is 0.0992. The number of nitriles is 1. The van der Waals surface area contributed by atoms with Crippen LogP contribution >= 0.6 is 0 Å². The maximum atomic E-state index is 13.0. The number of Topliss-reactive ketones (excluding diaryl/α,β-unsaturated/α-hetero) is 1. The van der Waals surface area contributed by atoms with Crippen molar-refractivity contribution >= 4 is 38.7 Å². The lowest BCUT2D eigenvalue weighted by Crippen LogP contribution is -2.14. The van der Waals surface area contributed by atoms with E-state index in [9.17, 15) is 4.79 Å². The maximum absolute atomic E-state index is 13.0. The largest absolute Gasteiger partial charge is 0.398 e. The molecule has 0 aliphatic heterocycles. The third-order valence-electron chi connectivity index (χ3n) is 8.26. The van der Waals surface area contributed by atoms with Gasteiger partial charge in [0.15, 0.2) is 5.78 Å². The van der Waals surface area contributed by atoms with E-state index in [0.717, 1.165) is 51.3 Å². The fourth-order valence-electron chi connectivity index (χ4n) is 6.33. The van der Waals surface area contributed by atoms with Crippen LogP contribution in [0.25, 0.3) is 27.2 Å². The molecule has 3 aliphatic rings. The number of aromatic nitrogens is 1. The van der Waals surface area contributed by atoms with Crippen molar-refractivity contribution in [3.05, 3.63) is 101 Å². The Balaban J connectivity index is 0.000000184. The summed E-state index contributed by atoms with van der Waals surface area (Å²) in [5, 5.41) is 11.7. The van der Waals surface area contributed by atoms with Crippen LogP contribution in [0.5, 0.6) is 0 Å². The molecule has 0 spiro atoms. The van der Waals surface area contributed by atoms with Crippen LogP contribution in [0.4, 0.5) is 5.69 Å². The van der Waals surface area contributed by atoms with Gasteiger partial charge in [-0.25, -0.2) is 0 Å². The molecule has 0 radical (unpaired) electrons. The van der Waals surface area contributed by atoms with Gasteiger partial charge in [-0.2, -0.15) is 5.26 Å². The first kappa shape index (κ1) is 24.1. The van der Waals surface area contributed by atoms with Crippen molar-refractivity contribution in [2.75, 3.05) is 5.73 Å². The van der Waals surface area contributed by atoms with Gasteiger partial charge < -0.3 is 5.73 Å². The average Bonchev–Trinajstić information content (AvgIpc) is 2.97. The molecule has 7 rings (SSSR count). The maximum Gasteiger partial charge on any atom is 0.168 e. The molecule has 1 saturated carbocycles. The number of nitrogens with zero attached hydrogens (tertiary/aromatic N) is 2. The minimum atomic E-state index is 0.254. The number of para-hydroxylation sites is 1. The number of pyridine rings is 1. The number of fused-ring (bicyclic) bond motifs is 5. The van der Waals surface area contributed by atoms with E-state index in [0.29, 0.717) is 17.9 Å². The van der Waals surface area contributed by atoms with E-state index in [-0.39, 0.29) is 5.78 Å². The summed E-state index contributed by atoms with van der Waals surface area (Å²) >= 11 is 0. The van der Waals surface area contributed by atoms with Gasteiger partial charge in [0.05, 0.1) is 11.1 Å². The smallest absolute Gasteiger partial charge is 0.168 e. The Kier molecular flexibility index (Phi) is 6.52. The molecule has 38 heavy (non-hydrogen) atoms. The van der Waals surface area contributed by atoms with Gasteiger partial charge in [-0.05, 0) is 65.8 Å². The topological polar surface area (TPSA) is 79.8 Å². The molecule has 188 valence electrons. The first-order valence-corrected chi connectivity index (χ1v) is 13.7. The summed E-state index contributed by atoms with van der Waals surface area (Å²) in [5.41, 5.74) is 14.9. The summed E-state index contributed by atoms with van der Waals surface area (Å²) in [6, 6.07) is 20.3. The predicted molar refractivity (Wildman–Crippen MR) is 155 cm³/mol. The fraction of sp³-hybridized carbons (Fsp3) is 0.265. The molecule has 0 saturated heterocycles. The van der Waals surface area contributed by atoms with E-state index in [2.05, 4.69) is 47.5 Å². The van der Waals surface area contributed by atoms with Gasteiger partial charge in [-0.1, -0.05) is 79.5 Å². The SMILES string of the molecule is N#Cc1cnc2ccccc2c1.Nc1c(C2CCCCC2)ccc2c3c(ccc12)C1=C(CCC=C1)CC3=O. The van der Waals surface area contributed by atoms with E-state index >= 15 is 0 Å². The summed E-state index contributed by atoms with van der Waals surface area (Å²) in [7, 11) is 0. The van der Waals surface area contributed by atoms with Crippen molar-refractivity contribution in [1.29, 1.82) is 5.26 Å². The van der Waals surface area contributed by atoms with Crippen molar-refractivity contribution in [2.45, 2.75) is 57.3 Å². The highest BCUT2D eigenvalue weighted by Crippen LogP contribution is 2.43. The third kappa shape index (κ3) is 4.39. The zero-order valence-electron chi connectivity index (χ0n) is 21.5. The molecule has 4 nitrogen and oxygen atoms in total. The van der Waals surface area contributed by atoms with Crippen LogP contribution < -0.4 is 5.73 Å². The number of hydrogen-bond acceptors (Lipinski definition) is 4. The Bertz CT molecular complexity index is 1670. The zero-order valence-corrected chi connectivity index (χ0v) is 21.5. The lowest BCUT2D eigenvalue weighted by Gasteiger charge is -2.27. The van der Waals surface area contributed by atoms with Crippen molar-refractivity contribution in [3.63, 3.8) is 0 Å². The number of nitrogen functional groups attached to an aromatic ring is 1. The number of ketones is 1. The van der Waals surface area contributed by atoms with Gasteiger partial charge in [0.25, 0.3) is 0 Å². The van der Waals surface area contributed by atoms with Crippen molar-refractivity contribution < 1.29 is 4.79 Å². The number of rotatable bonds is 1. The molecule has 0 amide bonds. The summed E-state index contributed by atoms with van der Waals surface area (Å²) in [5.74, 6) is 0.833. The summed E-state index contributed by atoms with van der Waals surface area (Å²) in [4.78, 5) is 17.1. The molecule has 1 fully saturated rings. The Hall–Kier alpha value is -4.23. The minimum Gasteiger partial charge on any atom is -0.398 e. The van der Waals surface area contributed by atoms with Crippen molar-refractivity contribution in [2.24, 2.45) is 0 Å². The molecule has 0 unspecified atom stereocenters. The Morgan fingerprint density at radius 1 is 0.974 bits per heavy atom. The van der Waals surface area contributed by atoms with Gasteiger partial charge in [0, 0.05) is 34.6 Å². The quantitative estimate of drug-likeness (QED) is 0.268. The van der Waals surface area contributed by atoms with E-state index in [1.165, 1.54) is 48.8 Å². The predicted octanol–water partition coefficient (Wildman–Crippen LogP) is 8.27.